The maximum Gasteiger partial charge on any atom is 0.325 e. The fourth-order valence-corrected chi connectivity index (χ4v) is 3.15. The highest BCUT2D eigenvalue weighted by molar-refractivity contribution is 6.07. The minimum absolute atomic E-state index is 0.149. The summed E-state index contributed by atoms with van der Waals surface area (Å²) < 4.78 is 0. The van der Waals surface area contributed by atoms with Crippen LogP contribution in [0, 0.1) is 13.8 Å². The summed E-state index contributed by atoms with van der Waals surface area (Å²) in [5, 5.41) is 2.93. The second-order valence-electron chi connectivity index (χ2n) is 5.96. The van der Waals surface area contributed by atoms with Crippen LogP contribution < -0.4 is 11.1 Å². The standard InChI is InChI=1S/C17H25N3O2/c1-4-17(14-8-7-12(2)11-13(14)3)15(21)20(16(22)19-17)10-6-5-9-18/h7-8,11H,4-6,9-10,18H2,1-3H3,(H,19,22). The lowest BCUT2D eigenvalue weighted by molar-refractivity contribution is -0.131. The maximum absolute atomic E-state index is 12.9. The number of aryl methyl sites for hydroxylation is 2. The number of unbranched alkanes of at least 4 members (excludes halogenated alkanes) is 1. The molecule has 0 aliphatic carbocycles. The van der Waals surface area contributed by atoms with Gasteiger partial charge in [-0.25, -0.2) is 4.79 Å². The topological polar surface area (TPSA) is 75.4 Å². The average molecular weight is 303 g/mol. The van der Waals surface area contributed by atoms with Crippen LogP contribution in [-0.4, -0.2) is 29.9 Å². The fourth-order valence-electron chi connectivity index (χ4n) is 3.15. The van der Waals surface area contributed by atoms with Crippen molar-refractivity contribution < 1.29 is 9.59 Å². The maximum atomic E-state index is 12.9. The van der Waals surface area contributed by atoms with Crippen molar-refractivity contribution in [3.63, 3.8) is 0 Å². The molecule has 1 aliphatic rings. The molecule has 3 N–H and O–H groups in total. The predicted octanol–water partition coefficient (Wildman–Crippen LogP) is 2.20. The number of carbonyl (C=O) groups is 2. The molecule has 120 valence electrons. The van der Waals surface area contributed by atoms with Gasteiger partial charge in [-0.05, 0) is 50.8 Å². The average Bonchev–Trinajstić information content (AvgIpc) is 2.72. The third-order valence-electron chi connectivity index (χ3n) is 4.38. The molecular weight excluding hydrogens is 278 g/mol. The van der Waals surface area contributed by atoms with Gasteiger partial charge in [0.1, 0.15) is 5.54 Å². The first kappa shape index (κ1) is 16.5. The second-order valence-corrected chi connectivity index (χ2v) is 5.96. The molecule has 1 aliphatic heterocycles. The number of nitrogens with zero attached hydrogens (tertiary/aromatic N) is 1. The zero-order chi connectivity index (χ0) is 16.3. The van der Waals surface area contributed by atoms with Gasteiger partial charge in [-0.1, -0.05) is 30.7 Å². The van der Waals surface area contributed by atoms with Crippen LogP contribution in [0.2, 0.25) is 0 Å². The van der Waals surface area contributed by atoms with E-state index in [2.05, 4.69) is 5.32 Å². The van der Waals surface area contributed by atoms with E-state index in [1.807, 2.05) is 39.0 Å². The van der Waals surface area contributed by atoms with Crippen LogP contribution in [-0.2, 0) is 10.3 Å². The van der Waals surface area contributed by atoms with Gasteiger partial charge in [0.15, 0.2) is 0 Å². The molecule has 3 amide bonds. The van der Waals surface area contributed by atoms with Crippen LogP contribution in [0.5, 0.6) is 0 Å². The van der Waals surface area contributed by atoms with Crippen molar-refractivity contribution in [1.82, 2.24) is 10.2 Å². The minimum atomic E-state index is -0.933. The summed E-state index contributed by atoms with van der Waals surface area (Å²) in [6.07, 6.45) is 2.08. The van der Waals surface area contributed by atoms with Gasteiger partial charge in [-0.2, -0.15) is 0 Å². The predicted molar refractivity (Wildman–Crippen MR) is 86.4 cm³/mol. The Morgan fingerprint density at radius 1 is 1.23 bits per heavy atom. The third-order valence-corrected chi connectivity index (χ3v) is 4.38. The number of nitrogens with two attached hydrogens (primary N) is 1. The van der Waals surface area contributed by atoms with Gasteiger partial charge in [0.2, 0.25) is 0 Å². The monoisotopic (exact) mass is 303 g/mol. The number of hydrogen-bond donors (Lipinski definition) is 2. The molecule has 0 saturated carbocycles. The van der Waals surface area contributed by atoms with E-state index < -0.39 is 5.54 Å². The molecule has 5 nitrogen and oxygen atoms in total. The van der Waals surface area contributed by atoms with E-state index in [0.29, 0.717) is 19.5 Å². The van der Waals surface area contributed by atoms with Crippen LogP contribution in [0.15, 0.2) is 18.2 Å². The van der Waals surface area contributed by atoms with Crippen LogP contribution in [0.3, 0.4) is 0 Å². The van der Waals surface area contributed by atoms with E-state index in [0.717, 1.165) is 29.5 Å². The van der Waals surface area contributed by atoms with Crippen LogP contribution in [0.4, 0.5) is 4.79 Å². The lowest BCUT2D eigenvalue weighted by Gasteiger charge is -2.27. The quantitative estimate of drug-likeness (QED) is 0.625. The van der Waals surface area contributed by atoms with E-state index in [1.54, 1.807) is 0 Å². The number of rotatable bonds is 6. The smallest absolute Gasteiger partial charge is 0.325 e. The van der Waals surface area contributed by atoms with Crippen molar-refractivity contribution in [3.8, 4) is 0 Å². The molecule has 0 spiro atoms. The molecule has 0 aromatic heterocycles. The lowest BCUT2D eigenvalue weighted by Crippen LogP contribution is -2.44. The van der Waals surface area contributed by atoms with Crippen molar-refractivity contribution in [3.05, 3.63) is 34.9 Å². The second kappa shape index (κ2) is 6.48. The zero-order valence-corrected chi connectivity index (χ0v) is 13.6. The summed E-state index contributed by atoms with van der Waals surface area (Å²) in [6, 6.07) is 5.68. The number of imide groups is 1. The van der Waals surface area contributed by atoms with Gasteiger partial charge < -0.3 is 11.1 Å². The lowest BCUT2D eigenvalue weighted by atomic mass is 9.84. The highest BCUT2D eigenvalue weighted by atomic mass is 16.2. The Bertz CT molecular complexity index is 585. The van der Waals surface area contributed by atoms with E-state index in [-0.39, 0.29) is 11.9 Å². The van der Waals surface area contributed by atoms with Gasteiger partial charge in [-0.15, -0.1) is 0 Å². The molecule has 0 radical (unpaired) electrons. The van der Waals surface area contributed by atoms with E-state index >= 15 is 0 Å². The summed E-state index contributed by atoms with van der Waals surface area (Å²) in [5.41, 5.74) is 7.61. The molecule has 1 unspecified atom stereocenters. The third kappa shape index (κ3) is 2.73. The van der Waals surface area contributed by atoms with Crippen molar-refractivity contribution in [2.45, 2.75) is 45.6 Å². The van der Waals surface area contributed by atoms with E-state index in [1.165, 1.54) is 4.90 Å². The first-order valence-electron chi connectivity index (χ1n) is 7.88. The minimum Gasteiger partial charge on any atom is -0.330 e. The van der Waals surface area contributed by atoms with Gasteiger partial charge in [0.25, 0.3) is 5.91 Å². The molecule has 1 fully saturated rings. The molecule has 22 heavy (non-hydrogen) atoms. The van der Waals surface area contributed by atoms with Crippen LogP contribution in [0.1, 0.15) is 42.9 Å². The molecule has 5 heteroatoms. The first-order valence-corrected chi connectivity index (χ1v) is 7.88. The number of urea groups is 1. The largest absolute Gasteiger partial charge is 0.330 e. The molecule has 1 atom stereocenters. The summed E-state index contributed by atoms with van der Waals surface area (Å²) >= 11 is 0. The number of hydrogen-bond acceptors (Lipinski definition) is 3. The van der Waals surface area contributed by atoms with Gasteiger partial charge in [0.05, 0.1) is 0 Å². The van der Waals surface area contributed by atoms with E-state index in [9.17, 15) is 9.59 Å². The molecule has 1 saturated heterocycles. The molecular formula is C17H25N3O2. The molecule has 1 heterocycles. The van der Waals surface area contributed by atoms with Gasteiger partial charge in [-0.3, -0.25) is 9.69 Å². The Morgan fingerprint density at radius 2 is 1.95 bits per heavy atom. The number of benzene rings is 1. The Labute approximate surface area is 131 Å². The number of carbonyl (C=O) groups excluding carboxylic acids is 2. The van der Waals surface area contributed by atoms with Crippen molar-refractivity contribution in [2.24, 2.45) is 5.73 Å². The highest BCUT2D eigenvalue weighted by Crippen LogP contribution is 2.34. The van der Waals surface area contributed by atoms with Crippen molar-refractivity contribution in [2.75, 3.05) is 13.1 Å². The van der Waals surface area contributed by atoms with Crippen molar-refractivity contribution in [1.29, 1.82) is 0 Å². The molecule has 1 aromatic rings. The SMILES string of the molecule is CCC1(c2ccc(C)cc2C)NC(=O)N(CCCCN)C1=O. The Morgan fingerprint density at radius 3 is 2.55 bits per heavy atom. The Balaban J connectivity index is 2.34. The number of amides is 3. The van der Waals surface area contributed by atoms with Crippen LogP contribution in [0.25, 0.3) is 0 Å². The normalized spacial score (nSPS) is 21.4. The zero-order valence-electron chi connectivity index (χ0n) is 13.6. The summed E-state index contributed by atoms with van der Waals surface area (Å²) in [7, 11) is 0. The summed E-state index contributed by atoms with van der Waals surface area (Å²) in [5.74, 6) is -0.149. The van der Waals surface area contributed by atoms with E-state index in [4.69, 9.17) is 5.73 Å². The van der Waals surface area contributed by atoms with Crippen LogP contribution >= 0.6 is 0 Å². The summed E-state index contributed by atoms with van der Waals surface area (Å²) in [6.45, 7) is 6.93. The first-order chi connectivity index (χ1) is 10.5. The highest BCUT2D eigenvalue weighted by Gasteiger charge is 2.51. The van der Waals surface area contributed by atoms with Gasteiger partial charge >= 0.3 is 6.03 Å². The number of nitrogens with one attached hydrogen (secondary N) is 1. The van der Waals surface area contributed by atoms with Gasteiger partial charge in [0, 0.05) is 6.54 Å². The molecule has 1 aromatic carbocycles. The Kier molecular flexibility index (Phi) is 4.86. The fraction of sp³-hybridized carbons (Fsp3) is 0.529. The molecule has 2 rings (SSSR count). The van der Waals surface area contributed by atoms with Crippen molar-refractivity contribution >= 4 is 11.9 Å². The summed E-state index contributed by atoms with van der Waals surface area (Å²) in [4.78, 5) is 26.5. The Hall–Kier alpha value is -1.88. The molecule has 0 bridgehead atoms.